The molecule has 1 unspecified atom stereocenters. The number of hydrogen-bond acceptors (Lipinski definition) is 4. The van der Waals surface area contributed by atoms with Gasteiger partial charge in [-0.1, -0.05) is 12.1 Å². The minimum absolute atomic E-state index is 0.104. The third-order valence-electron chi connectivity index (χ3n) is 2.97. The molecule has 1 N–H and O–H groups in total. The monoisotopic (exact) mass is 317 g/mol. The van der Waals surface area contributed by atoms with Crippen molar-refractivity contribution in [3.05, 3.63) is 58.8 Å². The summed E-state index contributed by atoms with van der Waals surface area (Å²) in [6.07, 6.45) is 5.08. The lowest BCUT2D eigenvalue weighted by atomic mass is 10.1. The largest absolute Gasteiger partial charge is 0.458 e. The van der Waals surface area contributed by atoms with Crippen molar-refractivity contribution < 1.29 is 4.42 Å². The van der Waals surface area contributed by atoms with Crippen molar-refractivity contribution in [2.45, 2.75) is 6.04 Å². The zero-order valence-electron chi connectivity index (χ0n) is 10.3. The predicted octanol–water partition coefficient (Wildman–Crippen LogP) is 3.29. The summed E-state index contributed by atoms with van der Waals surface area (Å²) in [5.74, 6) is 0.824. The molecule has 0 saturated carbocycles. The van der Waals surface area contributed by atoms with Crippen molar-refractivity contribution in [3.63, 3.8) is 0 Å². The lowest BCUT2D eigenvalue weighted by Gasteiger charge is -2.11. The molecule has 0 saturated heterocycles. The third-order valence-corrected chi connectivity index (χ3v) is 3.59. The second-order valence-electron chi connectivity index (χ2n) is 4.16. The first-order valence-corrected chi connectivity index (χ1v) is 6.70. The van der Waals surface area contributed by atoms with Crippen LogP contribution in [0.25, 0.3) is 11.0 Å². The number of nitrogens with one attached hydrogen (secondary N) is 1. The number of benzene rings is 1. The molecule has 1 aromatic carbocycles. The average Bonchev–Trinajstić information content (AvgIpc) is 2.86. The predicted molar refractivity (Wildman–Crippen MR) is 76.8 cm³/mol. The van der Waals surface area contributed by atoms with Gasteiger partial charge in [0.1, 0.15) is 17.4 Å². The molecule has 96 valence electrons. The summed E-state index contributed by atoms with van der Waals surface area (Å²) in [4.78, 5) is 8.42. The first kappa shape index (κ1) is 12.3. The summed E-state index contributed by atoms with van der Waals surface area (Å²) in [5.41, 5.74) is 1.68. The van der Waals surface area contributed by atoms with Gasteiger partial charge < -0.3 is 9.73 Å². The molecule has 0 aliphatic rings. The van der Waals surface area contributed by atoms with E-state index in [1.165, 1.54) is 0 Å². The summed E-state index contributed by atoms with van der Waals surface area (Å²) in [7, 11) is 1.88. The van der Waals surface area contributed by atoms with Crippen LogP contribution in [0, 0.1) is 0 Å². The number of hydrogen-bond donors (Lipinski definition) is 1. The summed E-state index contributed by atoms with van der Waals surface area (Å²) in [6, 6.07) is 7.90. The second-order valence-corrected chi connectivity index (χ2v) is 5.01. The topological polar surface area (TPSA) is 51.0 Å². The van der Waals surface area contributed by atoms with Crippen LogP contribution < -0.4 is 5.32 Å². The van der Waals surface area contributed by atoms with E-state index in [2.05, 4.69) is 31.2 Å². The van der Waals surface area contributed by atoms with Gasteiger partial charge in [-0.25, -0.2) is 0 Å². The molecule has 0 fully saturated rings. The molecule has 3 rings (SSSR count). The molecular formula is C14H12BrN3O. The number of para-hydroxylation sites is 1. The second kappa shape index (κ2) is 5.11. The number of furan rings is 1. The maximum absolute atomic E-state index is 5.93. The van der Waals surface area contributed by atoms with E-state index in [4.69, 9.17) is 4.42 Å². The fraction of sp³-hybridized carbons (Fsp3) is 0.143. The van der Waals surface area contributed by atoms with E-state index in [-0.39, 0.29) is 6.04 Å². The first-order valence-electron chi connectivity index (χ1n) is 5.90. The Balaban J connectivity index is 2.09. The maximum Gasteiger partial charge on any atom is 0.148 e. The van der Waals surface area contributed by atoms with Crippen LogP contribution >= 0.6 is 15.9 Å². The van der Waals surface area contributed by atoms with E-state index in [0.29, 0.717) is 0 Å². The number of rotatable bonds is 3. The van der Waals surface area contributed by atoms with E-state index in [1.807, 2.05) is 31.3 Å². The molecule has 0 aliphatic carbocycles. The molecule has 3 aromatic rings. The highest BCUT2D eigenvalue weighted by Gasteiger charge is 2.18. The smallest absolute Gasteiger partial charge is 0.148 e. The van der Waals surface area contributed by atoms with Crippen LogP contribution in [0.3, 0.4) is 0 Å². The molecule has 0 aliphatic heterocycles. The summed E-state index contributed by atoms with van der Waals surface area (Å²) < 4.78 is 6.88. The highest BCUT2D eigenvalue weighted by atomic mass is 79.9. The van der Waals surface area contributed by atoms with Crippen molar-refractivity contribution >= 4 is 26.9 Å². The van der Waals surface area contributed by atoms with Crippen LogP contribution in [-0.2, 0) is 0 Å². The van der Waals surface area contributed by atoms with E-state index in [1.54, 1.807) is 18.6 Å². The summed E-state index contributed by atoms with van der Waals surface area (Å²) in [6.45, 7) is 0. The fourth-order valence-corrected chi connectivity index (χ4v) is 2.55. The average molecular weight is 318 g/mol. The van der Waals surface area contributed by atoms with Crippen molar-refractivity contribution in [1.82, 2.24) is 15.3 Å². The van der Waals surface area contributed by atoms with E-state index in [9.17, 15) is 0 Å². The lowest BCUT2D eigenvalue weighted by molar-refractivity contribution is 0.484. The molecule has 2 heterocycles. The van der Waals surface area contributed by atoms with Gasteiger partial charge in [-0.15, -0.1) is 0 Å². The molecule has 0 bridgehead atoms. The molecule has 1 atom stereocenters. The zero-order chi connectivity index (χ0) is 13.2. The van der Waals surface area contributed by atoms with Gasteiger partial charge in [0.05, 0.1) is 16.4 Å². The third kappa shape index (κ3) is 2.27. The van der Waals surface area contributed by atoms with Crippen LogP contribution in [-0.4, -0.2) is 17.0 Å². The molecule has 5 heteroatoms. The minimum Gasteiger partial charge on any atom is -0.458 e. The Bertz CT molecular complexity index is 696. The van der Waals surface area contributed by atoms with Crippen molar-refractivity contribution in [2.24, 2.45) is 0 Å². The van der Waals surface area contributed by atoms with E-state index >= 15 is 0 Å². The molecule has 0 amide bonds. The van der Waals surface area contributed by atoms with E-state index < -0.39 is 0 Å². The van der Waals surface area contributed by atoms with Gasteiger partial charge >= 0.3 is 0 Å². The van der Waals surface area contributed by atoms with Gasteiger partial charge in [-0.2, -0.15) is 0 Å². The number of nitrogens with zero attached hydrogens (tertiary/aromatic N) is 2. The number of halogens is 1. The first-order chi connectivity index (χ1) is 9.29. The van der Waals surface area contributed by atoms with Crippen LogP contribution in [0.15, 0.2) is 51.7 Å². The molecule has 0 spiro atoms. The maximum atomic E-state index is 5.93. The van der Waals surface area contributed by atoms with E-state index in [0.717, 1.165) is 26.9 Å². The van der Waals surface area contributed by atoms with Gasteiger partial charge in [0.15, 0.2) is 0 Å². The molecule has 19 heavy (non-hydrogen) atoms. The van der Waals surface area contributed by atoms with Crippen LogP contribution in [0.4, 0.5) is 0 Å². The Morgan fingerprint density at radius 2 is 2.21 bits per heavy atom. The summed E-state index contributed by atoms with van der Waals surface area (Å²) in [5, 5.41) is 4.27. The van der Waals surface area contributed by atoms with Gasteiger partial charge in [0, 0.05) is 17.8 Å². The minimum atomic E-state index is -0.104. The standard InChI is InChI=1S/C14H12BrN3O/c1-16-13(11-8-17-5-6-18-11)12-7-9-3-2-4-10(15)14(9)19-12/h2-8,13,16H,1H3. The van der Waals surface area contributed by atoms with Crippen LogP contribution in [0.5, 0.6) is 0 Å². The highest BCUT2D eigenvalue weighted by Crippen LogP contribution is 2.31. The Morgan fingerprint density at radius 1 is 1.32 bits per heavy atom. The Hall–Kier alpha value is -1.72. The van der Waals surface area contributed by atoms with Crippen molar-refractivity contribution in [2.75, 3.05) is 7.05 Å². The zero-order valence-corrected chi connectivity index (χ0v) is 11.9. The SMILES string of the molecule is CNC(c1cnccn1)c1cc2cccc(Br)c2o1. The van der Waals surface area contributed by atoms with Crippen molar-refractivity contribution in [3.8, 4) is 0 Å². The highest BCUT2D eigenvalue weighted by molar-refractivity contribution is 9.10. The van der Waals surface area contributed by atoms with Gasteiger partial charge in [-0.3, -0.25) is 9.97 Å². The summed E-state index contributed by atoms with van der Waals surface area (Å²) >= 11 is 3.50. The fourth-order valence-electron chi connectivity index (χ4n) is 2.09. The number of fused-ring (bicyclic) bond motifs is 1. The van der Waals surface area contributed by atoms with Crippen LogP contribution in [0.2, 0.25) is 0 Å². The molecule has 2 aromatic heterocycles. The molecule has 4 nitrogen and oxygen atoms in total. The molecule has 0 radical (unpaired) electrons. The van der Waals surface area contributed by atoms with Gasteiger partial charge in [-0.05, 0) is 35.1 Å². The van der Waals surface area contributed by atoms with Crippen LogP contribution in [0.1, 0.15) is 17.5 Å². The lowest BCUT2D eigenvalue weighted by Crippen LogP contribution is -2.18. The Labute approximate surface area is 119 Å². The quantitative estimate of drug-likeness (QED) is 0.805. The van der Waals surface area contributed by atoms with Gasteiger partial charge in [0.2, 0.25) is 0 Å². The normalized spacial score (nSPS) is 12.7. The van der Waals surface area contributed by atoms with Gasteiger partial charge in [0.25, 0.3) is 0 Å². The number of aromatic nitrogens is 2. The Kier molecular flexibility index (Phi) is 3.31. The molecular weight excluding hydrogens is 306 g/mol. The Morgan fingerprint density at radius 3 is 2.89 bits per heavy atom. The van der Waals surface area contributed by atoms with Crippen molar-refractivity contribution in [1.29, 1.82) is 0 Å².